The van der Waals surface area contributed by atoms with E-state index in [-0.39, 0.29) is 17.9 Å². The van der Waals surface area contributed by atoms with Gasteiger partial charge in [0.1, 0.15) is 5.60 Å². The van der Waals surface area contributed by atoms with E-state index in [1.807, 2.05) is 20.8 Å². The van der Waals surface area contributed by atoms with Crippen LogP contribution in [0.1, 0.15) is 52.9 Å². The van der Waals surface area contributed by atoms with Gasteiger partial charge in [0.15, 0.2) is 5.90 Å². The molecular weight excluding hydrogens is 270 g/mol. The van der Waals surface area contributed by atoms with Gasteiger partial charge in [0.2, 0.25) is 0 Å². The fourth-order valence-corrected chi connectivity index (χ4v) is 2.44. The van der Waals surface area contributed by atoms with Crippen LogP contribution in [-0.2, 0) is 9.47 Å². The topological polar surface area (TPSA) is 95.3 Å². The number of nitrogens with one attached hydrogen (secondary N) is 3. The van der Waals surface area contributed by atoms with Gasteiger partial charge in [0.25, 0.3) is 0 Å². The molecule has 1 aliphatic rings. The van der Waals surface area contributed by atoms with Crippen LogP contribution in [0.15, 0.2) is 0 Å². The number of methoxy groups -OCH3 is 1. The van der Waals surface area contributed by atoms with Gasteiger partial charge in [0, 0.05) is 18.2 Å². The molecule has 0 spiro atoms. The lowest BCUT2D eigenvalue weighted by Gasteiger charge is -2.31. The third kappa shape index (κ3) is 6.60. The van der Waals surface area contributed by atoms with E-state index >= 15 is 0 Å². The predicted octanol–water partition coefficient (Wildman–Crippen LogP) is 3.10. The monoisotopic (exact) mass is 297 g/mol. The summed E-state index contributed by atoms with van der Waals surface area (Å²) in [6.07, 6.45) is 3.04. The van der Waals surface area contributed by atoms with E-state index in [0.29, 0.717) is 18.6 Å². The summed E-state index contributed by atoms with van der Waals surface area (Å²) in [6.45, 7) is 5.51. The Morgan fingerprint density at radius 2 is 2.10 bits per heavy atom. The molecular formula is C15H27N3O3. The Morgan fingerprint density at radius 1 is 1.43 bits per heavy atom. The number of carbonyl (C=O) groups is 1. The van der Waals surface area contributed by atoms with Gasteiger partial charge in [-0.1, -0.05) is 0 Å². The van der Waals surface area contributed by atoms with Crippen LogP contribution in [0.3, 0.4) is 0 Å². The van der Waals surface area contributed by atoms with Crippen molar-refractivity contribution < 1.29 is 14.3 Å². The van der Waals surface area contributed by atoms with E-state index in [1.54, 1.807) is 0 Å². The summed E-state index contributed by atoms with van der Waals surface area (Å²) in [4.78, 5) is 11.8. The molecule has 2 atom stereocenters. The number of alkyl carbamates (subject to hydrolysis) is 1. The van der Waals surface area contributed by atoms with E-state index in [4.69, 9.17) is 20.3 Å². The first-order valence-electron chi connectivity index (χ1n) is 7.39. The molecule has 0 bridgehead atoms. The standard InChI is InChI=1S/C15H27N3O3/c1-15(2,3)21-14(19)18-11-6-7-12(16)10(9-11)5-8-13(17)20-4/h10-11,16-17H,5-9H2,1-4H3,(H,18,19). The highest BCUT2D eigenvalue weighted by atomic mass is 16.6. The van der Waals surface area contributed by atoms with Gasteiger partial charge >= 0.3 is 6.09 Å². The highest BCUT2D eigenvalue weighted by molar-refractivity contribution is 5.85. The molecule has 21 heavy (non-hydrogen) atoms. The van der Waals surface area contributed by atoms with Gasteiger partial charge in [-0.2, -0.15) is 0 Å². The van der Waals surface area contributed by atoms with Gasteiger partial charge in [0.05, 0.1) is 7.11 Å². The van der Waals surface area contributed by atoms with Gasteiger partial charge in [-0.3, -0.25) is 5.41 Å². The van der Waals surface area contributed by atoms with Crippen molar-refractivity contribution >= 4 is 17.7 Å². The fourth-order valence-electron chi connectivity index (χ4n) is 2.44. The first kappa shape index (κ1) is 17.5. The summed E-state index contributed by atoms with van der Waals surface area (Å²) in [5.41, 5.74) is 0.208. The van der Waals surface area contributed by atoms with Crippen molar-refractivity contribution in [3.8, 4) is 0 Å². The molecule has 2 unspecified atom stereocenters. The zero-order valence-corrected chi connectivity index (χ0v) is 13.4. The molecule has 6 heteroatoms. The van der Waals surface area contributed by atoms with E-state index in [9.17, 15) is 4.79 Å². The third-order valence-electron chi connectivity index (χ3n) is 3.51. The quantitative estimate of drug-likeness (QED) is 0.549. The molecule has 3 N–H and O–H groups in total. The Bertz CT molecular complexity index is 401. The number of hydrogen-bond donors (Lipinski definition) is 3. The summed E-state index contributed by atoms with van der Waals surface area (Å²) in [6, 6.07) is 0.0377. The second-order valence-corrected chi connectivity index (χ2v) is 6.51. The molecule has 6 nitrogen and oxygen atoms in total. The van der Waals surface area contributed by atoms with E-state index in [2.05, 4.69) is 5.32 Å². The second-order valence-electron chi connectivity index (χ2n) is 6.51. The van der Waals surface area contributed by atoms with Crippen molar-refractivity contribution in [1.29, 1.82) is 10.8 Å². The Morgan fingerprint density at radius 3 is 2.67 bits per heavy atom. The first-order valence-corrected chi connectivity index (χ1v) is 7.39. The van der Waals surface area contributed by atoms with Crippen molar-refractivity contribution in [3.05, 3.63) is 0 Å². The average molecular weight is 297 g/mol. The number of rotatable bonds is 4. The molecule has 0 aromatic carbocycles. The summed E-state index contributed by atoms with van der Waals surface area (Å²) in [5, 5.41) is 18.4. The fraction of sp³-hybridized carbons (Fsp3) is 0.800. The highest BCUT2D eigenvalue weighted by Crippen LogP contribution is 2.26. The Labute approximate surface area is 126 Å². The molecule has 1 rings (SSSR count). The van der Waals surface area contributed by atoms with Crippen LogP contribution < -0.4 is 5.32 Å². The number of amides is 1. The third-order valence-corrected chi connectivity index (χ3v) is 3.51. The van der Waals surface area contributed by atoms with Gasteiger partial charge < -0.3 is 20.2 Å². The SMILES string of the molecule is COC(=N)CCC1CC(NC(=O)OC(C)(C)C)CCC1=N. The molecule has 0 heterocycles. The van der Waals surface area contributed by atoms with Crippen molar-refractivity contribution in [2.24, 2.45) is 5.92 Å². The predicted molar refractivity (Wildman–Crippen MR) is 82.2 cm³/mol. The average Bonchev–Trinajstić information content (AvgIpc) is 2.36. The summed E-state index contributed by atoms with van der Waals surface area (Å²) >= 11 is 0. The number of ether oxygens (including phenoxy) is 2. The summed E-state index contributed by atoms with van der Waals surface area (Å²) < 4.78 is 10.1. The molecule has 1 aliphatic carbocycles. The summed E-state index contributed by atoms with van der Waals surface area (Å²) in [7, 11) is 1.49. The van der Waals surface area contributed by atoms with E-state index in [0.717, 1.165) is 19.3 Å². The molecule has 0 aliphatic heterocycles. The van der Waals surface area contributed by atoms with Crippen LogP contribution in [0.5, 0.6) is 0 Å². The Balaban J connectivity index is 2.45. The maximum absolute atomic E-state index is 11.8. The maximum atomic E-state index is 11.8. The minimum atomic E-state index is -0.502. The molecule has 0 aromatic heterocycles. The van der Waals surface area contributed by atoms with Crippen molar-refractivity contribution in [3.63, 3.8) is 0 Å². The van der Waals surface area contributed by atoms with Crippen LogP contribution in [0.2, 0.25) is 0 Å². The lowest BCUT2D eigenvalue weighted by Crippen LogP contribution is -2.43. The first-order chi connectivity index (χ1) is 9.71. The largest absolute Gasteiger partial charge is 0.484 e. The smallest absolute Gasteiger partial charge is 0.407 e. The molecule has 1 saturated carbocycles. The molecule has 0 radical (unpaired) electrons. The lowest BCUT2D eigenvalue weighted by molar-refractivity contribution is 0.0494. The van der Waals surface area contributed by atoms with Gasteiger partial charge in [-0.25, -0.2) is 4.79 Å². The number of carbonyl (C=O) groups excluding carboxylic acids is 1. The Kier molecular flexibility index (Phi) is 6.18. The van der Waals surface area contributed by atoms with Crippen LogP contribution >= 0.6 is 0 Å². The molecule has 120 valence electrons. The molecule has 1 fully saturated rings. The van der Waals surface area contributed by atoms with Crippen LogP contribution in [0, 0.1) is 16.7 Å². The minimum absolute atomic E-state index is 0.0377. The van der Waals surface area contributed by atoms with Crippen LogP contribution in [-0.4, -0.2) is 36.5 Å². The van der Waals surface area contributed by atoms with Crippen LogP contribution in [0.25, 0.3) is 0 Å². The zero-order valence-electron chi connectivity index (χ0n) is 13.4. The highest BCUT2D eigenvalue weighted by Gasteiger charge is 2.28. The second kappa shape index (κ2) is 7.43. The van der Waals surface area contributed by atoms with Crippen molar-refractivity contribution in [1.82, 2.24) is 5.32 Å². The molecule has 0 saturated heterocycles. The van der Waals surface area contributed by atoms with Crippen molar-refractivity contribution in [2.75, 3.05) is 7.11 Å². The maximum Gasteiger partial charge on any atom is 0.407 e. The lowest BCUT2D eigenvalue weighted by atomic mass is 9.81. The van der Waals surface area contributed by atoms with Crippen LogP contribution in [0.4, 0.5) is 4.79 Å². The Hall–Kier alpha value is -1.59. The zero-order chi connectivity index (χ0) is 16.0. The van der Waals surface area contributed by atoms with E-state index in [1.165, 1.54) is 7.11 Å². The number of hydrogen-bond acceptors (Lipinski definition) is 5. The van der Waals surface area contributed by atoms with Crippen molar-refractivity contribution in [2.45, 2.75) is 64.5 Å². The van der Waals surface area contributed by atoms with Gasteiger partial charge in [-0.05, 0) is 52.4 Å². The van der Waals surface area contributed by atoms with E-state index < -0.39 is 11.7 Å². The minimum Gasteiger partial charge on any atom is -0.484 e. The van der Waals surface area contributed by atoms with Gasteiger partial charge in [-0.15, -0.1) is 0 Å². The summed E-state index contributed by atoms with van der Waals surface area (Å²) in [5.74, 6) is 0.346. The normalized spacial score (nSPS) is 22.6. The molecule has 0 aromatic rings. The molecule has 1 amide bonds.